The number of nitrogens with zero attached hydrogens (tertiary/aromatic N) is 1. The lowest BCUT2D eigenvalue weighted by Crippen LogP contribution is -2.63. The van der Waals surface area contributed by atoms with E-state index in [1.54, 1.807) is 0 Å². The van der Waals surface area contributed by atoms with Gasteiger partial charge < -0.3 is 0 Å². The monoisotopic (exact) mass is 344 g/mol. The summed E-state index contributed by atoms with van der Waals surface area (Å²) in [6.45, 7) is 1.25. The van der Waals surface area contributed by atoms with E-state index in [0.29, 0.717) is 13.1 Å². The van der Waals surface area contributed by atoms with Crippen LogP contribution >= 0.6 is 22.6 Å². The zero-order chi connectivity index (χ0) is 11.1. The minimum atomic E-state index is -3.31. The highest BCUT2D eigenvalue weighted by Gasteiger charge is 2.45. The Kier molecular flexibility index (Phi) is 3.31. The van der Waals surface area contributed by atoms with Gasteiger partial charge in [-0.3, -0.25) is 4.90 Å². The van der Waals surface area contributed by atoms with Crippen molar-refractivity contribution in [2.75, 3.05) is 13.1 Å². The van der Waals surface area contributed by atoms with Crippen LogP contribution in [0.4, 0.5) is 0 Å². The van der Waals surface area contributed by atoms with Gasteiger partial charge in [0.15, 0.2) is 0 Å². The number of halogens is 1. The first-order valence-electron chi connectivity index (χ1n) is 5.37. The molecule has 2 rings (SSSR count). The Labute approximate surface area is 105 Å². The van der Waals surface area contributed by atoms with Crippen LogP contribution in [0.1, 0.15) is 32.1 Å². The third-order valence-electron chi connectivity index (χ3n) is 3.50. The van der Waals surface area contributed by atoms with Crippen molar-refractivity contribution >= 4 is 32.6 Å². The number of rotatable bonds is 2. The fourth-order valence-corrected chi connectivity index (χ4v) is 4.32. The Morgan fingerprint density at radius 2 is 1.73 bits per heavy atom. The molecule has 0 spiro atoms. The second-order valence-corrected chi connectivity index (χ2v) is 8.45. The largest absolute Gasteiger partial charge is 0.286 e. The van der Waals surface area contributed by atoms with Crippen LogP contribution in [-0.2, 0) is 10.0 Å². The van der Waals surface area contributed by atoms with Crippen molar-refractivity contribution in [1.82, 2.24) is 4.90 Å². The van der Waals surface area contributed by atoms with E-state index >= 15 is 0 Å². The maximum atomic E-state index is 11.1. The van der Waals surface area contributed by atoms with Crippen LogP contribution in [0, 0.1) is 0 Å². The Morgan fingerprint density at radius 1 is 1.20 bits per heavy atom. The van der Waals surface area contributed by atoms with Gasteiger partial charge >= 0.3 is 0 Å². The molecule has 15 heavy (non-hydrogen) atoms. The fraction of sp³-hybridized carbons (Fsp3) is 1.00. The van der Waals surface area contributed by atoms with Crippen molar-refractivity contribution in [3.8, 4) is 0 Å². The Hall–Kier alpha value is 0.600. The molecule has 1 aliphatic carbocycles. The summed E-state index contributed by atoms with van der Waals surface area (Å²) in [6.07, 6.45) is 6.21. The molecule has 88 valence electrons. The van der Waals surface area contributed by atoms with Gasteiger partial charge in [-0.2, -0.15) is 0 Å². The van der Waals surface area contributed by atoms with E-state index < -0.39 is 10.0 Å². The van der Waals surface area contributed by atoms with E-state index in [4.69, 9.17) is 5.14 Å². The van der Waals surface area contributed by atoms with Crippen molar-refractivity contribution in [2.45, 2.75) is 40.9 Å². The minimum absolute atomic E-state index is 0.206. The van der Waals surface area contributed by atoms with Crippen LogP contribution in [0.3, 0.4) is 0 Å². The zero-order valence-corrected chi connectivity index (χ0v) is 11.6. The molecule has 0 radical (unpaired) electrons. The second kappa shape index (κ2) is 4.12. The topological polar surface area (TPSA) is 63.4 Å². The van der Waals surface area contributed by atoms with Crippen LogP contribution in [0.25, 0.3) is 0 Å². The van der Waals surface area contributed by atoms with E-state index in [2.05, 4.69) is 27.5 Å². The highest BCUT2D eigenvalue weighted by atomic mass is 127. The molecule has 4 nitrogen and oxygen atoms in total. The van der Waals surface area contributed by atoms with Crippen molar-refractivity contribution < 1.29 is 8.42 Å². The lowest BCUT2D eigenvalue weighted by Gasteiger charge is -2.50. The van der Waals surface area contributed by atoms with Gasteiger partial charge in [-0.25, -0.2) is 13.6 Å². The normalized spacial score (nSPS) is 28.7. The van der Waals surface area contributed by atoms with Crippen molar-refractivity contribution in [3.05, 3.63) is 0 Å². The molecule has 0 aromatic carbocycles. The average molecular weight is 344 g/mol. The smallest absolute Gasteiger partial charge is 0.214 e. The molecular formula is C9H17IN2O2S. The maximum absolute atomic E-state index is 11.1. The van der Waals surface area contributed by atoms with Gasteiger partial charge in [0.05, 0.1) is 3.55 Å². The van der Waals surface area contributed by atoms with Crippen molar-refractivity contribution in [2.24, 2.45) is 5.14 Å². The number of hydrogen-bond acceptors (Lipinski definition) is 3. The molecule has 6 heteroatoms. The maximum Gasteiger partial charge on any atom is 0.214 e. The van der Waals surface area contributed by atoms with Crippen molar-refractivity contribution in [3.63, 3.8) is 0 Å². The first-order chi connectivity index (χ1) is 6.92. The van der Waals surface area contributed by atoms with Crippen LogP contribution in [0.2, 0.25) is 0 Å². The first kappa shape index (κ1) is 12.1. The number of alkyl halides is 1. The summed E-state index contributed by atoms with van der Waals surface area (Å²) in [5, 5.41) is 4.79. The van der Waals surface area contributed by atoms with Gasteiger partial charge in [0, 0.05) is 13.1 Å². The summed E-state index contributed by atoms with van der Waals surface area (Å²) < 4.78 is 22.4. The van der Waals surface area contributed by atoms with Gasteiger partial charge in [0.2, 0.25) is 10.0 Å². The Morgan fingerprint density at radius 3 is 2.20 bits per heavy atom. The molecule has 1 saturated heterocycles. The highest BCUT2D eigenvalue weighted by molar-refractivity contribution is 14.1. The summed E-state index contributed by atoms with van der Waals surface area (Å²) in [6, 6.07) is 0. The predicted octanol–water partition coefficient (Wildman–Crippen LogP) is 1.05. The van der Waals surface area contributed by atoms with Gasteiger partial charge in [0.1, 0.15) is 5.25 Å². The summed E-state index contributed by atoms with van der Waals surface area (Å²) >= 11 is 2.50. The molecule has 2 N–H and O–H groups in total. The quantitative estimate of drug-likeness (QED) is 0.463. The molecule has 0 unspecified atom stereocenters. The van der Waals surface area contributed by atoms with Gasteiger partial charge in [-0.15, -0.1) is 0 Å². The SMILES string of the molecule is NS(=O)(=O)C1CN(C2(I)CCCCC2)C1. The van der Waals surface area contributed by atoms with Crippen LogP contribution in [-0.4, -0.2) is 35.2 Å². The second-order valence-electron chi connectivity index (χ2n) is 4.59. The Balaban J connectivity index is 1.93. The standard InChI is InChI=1S/C9H17IN2O2S/c10-9(4-2-1-3-5-9)12-6-8(7-12)15(11,13)14/h8H,1-7H2,(H2,11,13,14). The molecule has 1 aliphatic heterocycles. The summed E-state index contributed by atoms with van der Waals surface area (Å²) in [4.78, 5) is 2.28. The van der Waals surface area contributed by atoms with E-state index in [9.17, 15) is 8.42 Å². The van der Waals surface area contributed by atoms with Gasteiger partial charge in [-0.1, -0.05) is 41.9 Å². The minimum Gasteiger partial charge on any atom is -0.286 e. The van der Waals surface area contributed by atoms with Crippen LogP contribution in [0.5, 0.6) is 0 Å². The summed E-state index contributed by atoms with van der Waals surface area (Å²) in [5.41, 5.74) is 0. The molecule has 2 fully saturated rings. The van der Waals surface area contributed by atoms with Crippen LogP contribution < -0.4 is 5.14 Å². The molecule has 0 aromatic rings. The summed E-state index contributed by atoms with van der Waals surface area (Å²) in [5.74, 6) is 0. The molecule has 2 aliphatic rings. The van der Waals surface area contributed by atoms with Crippen LogP contribution in [0.15, 0.2) is 0 Å². The fourth-order valence-electron chi connectivity index (χ4n) is 2.38. The lowest BCUT2D eigenvalue weighted by molar-refractivity contribution is 0.0824. The van der Waals surface area contributed by atoms with Gasteiger partial charge in [-0.05, 0) is 12.8 Å². The number of sulfonamides is 1. The third kappa shape index (κ3) is 2.48. The molecular weight excluding hydrogens is 327 g/mol. The highest BCUT2D eigenvalue weighted by Crippen LogP contribution is 2.42. The van der Waals surface area contributed by atoms with E-state index in [-0.39, 0.29) is 8.80 Å². The molecule has 0 atom stereocenters. The van der Waals surface area contributed by atoms with E-state index in [1.807, 2.05) is 0 Å². The van der Waals surface area contributed by atoms with E-state index in [1.165, 1.54) is 32.1 Å². The molecule has 1 saturated carbocycles. The predicted molar refractivity (Wildman–Crippen MR) is 68.3 cm³/mol. The third-order valence-corrected chi connectivity index (χ3v) is 6.49. The molecule has 0 bridgehead atoms. The molecule has 0 aromatic heterocycles. The lowest BCUT2D eigenvalue weighted by atomic mass is 9.92. The number of likely N-dealkylation sites (tertiary alicyclic amines) is 1. The number of hydrogen-bond donors (Lipinski definition) is 1. The number of primary sulfonamides is 1. The molecule has 1 heterocycles. The van der Waals surface area contributed by atoms with Crippen molar-refractivity contribution in [1.29, 1.82) is 0 Å². The van der Waals surface area contributed by atoms with Gasteiger partial charge in [0.25, 0.3) is 0 Å². The van der Waals surface area contributed by atoms with E-state index in [0.717, 1.165) is 0 Å². The average Bonchev–Trinajstić information content (AvgIpc) is 1.98. The Bertz CT molecular complexity index is 332. The summed E-state index contributed by atoms with van der Waals surface area (Å²) in [7, 11) is -3.31. The zero-order valence-electron chi connectivity index (χ0n) is 8.65. The number of nitrogens with two attached hydrogens (primary N) is 1. The molecule has 0 amide bonds. The first-order valence-corrected chi connectivity index (χ1v) is 8.06.